The summed E-state index contributed by atoms with van der Waals surface area (Å²) in [6, 6.07) is 0.133. The first-order chi connectivity index (χ1) is 7.32. The fourth-order valence-corrected chi connectivity index (χ4v) is 2.34. The van der Waals surface area contributed by atoms with Gasteiger partial charge >= 0.3 is 6.09 Å². The summed E-state index contributed by atoms with van der Waals surface area (Å²) in [5.74, 6) is 0. The van der Waals surface area contributed by atoms with Crippen molar-refractivity contribution in [3.05, 3.63) is 0 Å². The second-order valence-corrected chi connectivity index (χ2v) is 6.15. The lowest BCUT2D eigenvalue weighted by atomic mass is 9.89. The maximum atomic E-state index is 11.8. The van der Waals surface area contributed by atoms with E-state index in [0.29, 0.717) is 12.0 Å². The molecule has 92 valence electrons. The average Bonchev–Trinajstić information content (AvgIpc) is 2.88. The molecule has 1 saturated carbocycles. The van der Waals surface area contributed by atoms with Crippen molar-refractivity contribution >= 4 is 6.09 Å². The van der Waals surface area contributed by atoms with E-state index in [9.17, 15) is 4.79 Å². The van der Waals surface area contributed by atoms with Crippen molar-refractivity contribution in [2.75, 3.05) is 13.1 Å². The van der Waals surface area contributed by atoms with Gasteiger partial charge in [0.2, 0.25) is 0 Å². The lowest BCUT2D eigenvalue weighted by molar-refractivity contribution is 0.0145. The Morgan fingerprint density at radius 3 is 2.44 bits per heavy atom. The van der Waals surface area contributed by atoms with Gasteiger partial charge in [0.15, 0.2) is 0 Å². The summed E-state index contributed by atoms with van der Waals surface area (Å²) in [6.45, 7) is 7.10. The minimum absolute atomic E-state index is 0.133. The smallest absolute Gasteiger partial charge is 0.410 e. The number of piperidine rings is 1. The van der Waals surface area contributed by atoms with E-state index in [-0.39, 0.29) is 12.1 Å². The molecule has 1 aliphatic heterocycles. The Bertz CT molecular complexity index is 292. The summed E-state index contributed by atoms with van der Waals surface area (Å²) in [5.41, 5.74) is 6.06. The van der Waals surface area contributed by atoms with Gasteiger partial charge in [0.1, 0.15) is 5.60 Å². The van der Waals surface area contributed by atoms with Crippen molar-refractivity contribution in [2.24, 2.45) is 11.1 Å². The lowest BCUT2D eigenvalue weighted by Crippen LogP contribution is -2.52. The molecule has 4 nitrogen and oxygen atoms in total. The van der Waals surface area contributed by atoms with Crippen molar-refractivity contribution in [3.8, 4) is 0 Å². The van der Waals surface area contributed by atoms with Crippen LogP contribution in [0.25, 0.3) is 0 Å². The second-order valence-electron chi connectivity index (χ2n) is 6.15. The zero-order valence-electron chi connectivity index (χ0n) is 10.5. The summed E-state index contributed by atoms with van der Waals surface area (Å²) < 4.78 is 5.35. The van der Waals surface area contributed by atoms with Crippen LogP contribution in [0.15, 0.2) is 0 Å². The minimum atomic E-state index is -0.421. The summed E-state index contributed by atoms with van der Waals surface area (Å²) >= 11 is 0. The van der Waals surface area contributed by atoms with Crippen LogP contribution in [0.5, 0.6) is 0 Å². The van der Waals surface area contributed by atoms with Gasteiger partial charge in [-0.05, 0) is 45.4 Å². The molecule has 1 unspecified atom stereocenters. The summed E-state index contributed by atoms with van der Waals surface area (Å²) in [4.78, 5) is 13.6. The molecule has 16 heavy (non-hydrogen) atoms. The zero-order valence-corrected chi connectivity index (χ0v) is 10.5. The number of amides is 1. The Labute approximate surface area is 97.1 Å². The molecule has 0 aromatic heterocycles. The first-order valence-corrected chi connectivity index (χ1v) is 6.06. The molecule has 2 aliphatic rings. The molecule has 1 aliphatic carbocycles. The molecule has 4 heteroatoms. The van der Waals surface area contributed by atoms with Gasteiger partial charge in [0.25, 0.3) is 0 Å². The maximum Gasteiger partial charge on any atom is 0.410 e. The van der Waals surface area contributed by atoms with Crippen LogP contribution in [0.4, 0.5) is 4.79 Å². The number of likely N-dealkylation sites (tertiary alicyclic amines) is 1. The van der Waals surface area contributed by atoms with E-state index >= 15 is 0 Å². The Morgan fingerprint density at radius 1 is 1.38 bits per heavy atom. The molecule has 1 spiro atoms. The van der Waals surface area contributed by atoms with E-state index in [2.05, 4.69) is 0 Å². The molecule has 0 bridgehead atoms. The van der Waals surface area contributed by atoms with Crippen LogP contribution >= 0.6 is 0 Å². The van der Waals surface area contributed by atoms with Crippen molar-refractivity contribution in [1.29, 1.82) is 0 Å². The predicted molar refractivity (Wildman–Crippen MR) is 62.1 cm³/mol. The van der Waals surface area contributed by atoms with Crippen LogP contribution in [0.3, 0.4) is 0 Å². The SMILES string of the molecule is CC(C)(C)OC(=O)N1CCC2(CC2)C(N)C1. The van der Waals surface area contributed by atoms with Crippen molar-refractivity contribution < 1.29 is 9.53 Å². The molecule has 2 fully saturated rings. The van der Waals surface area contributed by atoms with Gasteiger partial charge in [0.05, 0.1) is 0 Å². The normalized spacial score (nSPS) is 28.0. The highest BCUT2D eigenvalue weighted by Gasteiger charge is 2.51. The number of carbonyl (C=O) groups is 1. The first kappa shape index (κ1) is 11.7. The highest BCUT2D eigenvalue weighted by atomic mass is 16.6. The van der Waals surface area contributed by atoms with Crippen molar-refractivity contribution in [2.45, 2.75) is 51.7 Å². The molecule has 0 radical (unpaired) electrons. The third-order valence-corrected chi connectivity index (χ3v) is 3.63. The van der Waals surface area contributed by atoms with Gasteiger partial charge in [-0.15, -0.1) is 0 Å². The molecule has 1 amide bonds. The van der Waals surface area contributed by atoms with E-state index in [1.807, 2.05) is 20.8 Å². The van der Waals surface area contributed by atoms with Gasteiger partial charge in [-0.1, -0.05) is 0 Å². The standard InChI is InChI=1S/C12H22N2O2/c1-11(2,3)16-10(15)14-7-6-12(4-5-12)9(13)8-14/h9H,4-8,13H2,1-3H3. The van der Waals surface area contributed by atoms with E-state index in [1.165, 1.54) is 12.8 Å². The van der Waals surface area contributed by atoms with E-state index in [4.69, 9.17) is 10.5 Å². The summed E-state index contributed by atoms with van der Waals surface area (Å²) in [5, 5.41) is 0. The Kier molecular flexibility index (Phi) is 2.65. The highest BCUT2D eigenvalue weighted by Crippen LogP contribution is 2.52. The minimum Gasteiger partial charge on any atom is -0.444 e. The Balaban J connectivity index is 1.90. The molecule has 0 aromatic rings. The van der Waals surface area contributed by atoms with Crippen LogP contribution in [-0.4, -0.2) is 35.7 Å². The van der Waals surface area contributed by atoms with E-state index in [0.717, 1.165) is 13.0 Å². The lowest BCUT2D eigenvalue weighted by Gasteiger charge is -2.37. The van der Waals surface area contributed by atoms with Crippen molar-refractivity contribution in [1.82, 2.24) is 4.90 Å². The maximum absolute atomic E-state index is 11.8. The van der Waals surface area contributed by atoms with Crippen LogP contribution in [-0.2, 0) is 4.74 Å². The van der Waals surface area contributed by atoms with Crippen LogP contribution < -0.4 is 5.73 Å². The van der Waals surface area contributed by atoms with Gasteiger partial charge < -0.3 is 15.4 Å². The van der Waals surface area contributed by atoms with Crippen LogP contribution in [0, 0.1) is 5.41 Å². The van der Waals surface area contributed by atoms with Gasteiger partial charge in [-0.25, -0.2) is 4.79 Å². The molecule has 2 N–H and O–H groups in total. The Hall–Kier alpha value is -0.770. The third kappa shape index (κ3) is 2.32. The number of nitrogens with two attached hydrogens (primary N) is 1. The molecule has 0 aromatic carbocycles. The molecular formula is C12H22N2O2. The van der Waals surface area contributed by atoms with Gasteiger partial charge in [-0.2, -0.15) is 0 Å². The summed E-state index contributed by atoms with van der Waals surface area (Å²) in [7, 11) is 0. The number of ether oxygens (including phenoxy) is 1. The van der Waals surface area contributed by atoms with Crippen molar-refractivity contribution in [3.63, 3.8) is 0 Å². The number of hydrogen-bond acceptors (Lipinski definition) is 3. The third-order valence-electron chi connectivity index (χ3n) is 3.63. The van der Waals surface area contributed by atoms with Gasteiger partial charge in [-0.3, -0.25) is 0 Å². The Morgan fingerprint density at radius 2 is 2.00 bits per heavy atom. The first-order valence-electron chi connectivity index (χ1n) is 6.06. The number of rotatable bonds is 0. The number of hydrogen-bond donors (Lipinski definition) is 1. The highest BCUT2D eigenvalue weighted by molar-refractivity contribution is 5.68. The topological polar surface area (TPSA) is 55.6 Å². The second kappa shape index (κ2) is 3.62. The largest absolute Gasteiger partial charge is 0.444 e. The van der Waals surface area contributed by atoms with E-state index < -0.39 is 5.60 Å². The molecule has 1 heterocycles. The molecular weight excluding hydrogens is 204 g/mol. The predicted octanol–water partition coefficient (Wildman–Crippen LogP) is 1.73. The monoisotopic (exact) mass is 226 g/mol. The average molecular weight is 226 g/mol. The zero-order chi connectivity index (χ0) is 12.0. The fraction of sp³-hybridized carbons (Fsp3) is 0.917. The molecule has 2 rings (SSSR count). The van der Waals surface area contributed by atoms with Crippen LogP contribution in [0.1, 0.15) is 40.0 Å². The van der Waals surface area contributed by atoms with Crippen LogP contribution in [0.2, 0.25) is 0 Å². The molecule has 1 atom stereocenters. The number of nitrogens with zero attached hydrogens (tertiary/aromatic N) is 1. The quantitative estimate of drug-likeness (QED) is 0.684. The van der Waals surface area contributed by atoms with E-state index in [1.54, 1.807) is 4.90 Å². The number of carbonyl (C=O) groups excluding carboxylic acids is 1. The fourth-order valence-electron chi connectivity index (χ4n) is 2.34. The summed E-state index contributed by atoms with van der Waals surface area (Å²) in [6.07, 6.45) is 3.28. The molecule has 1 saturated heterocycles. The van der Waals surface area contributed by atoms with Gasteiger partial charge in [0, 0.05) is 19.1 Å².